The van der Waals surface area contributed by atoms with Crippen LogP contribution in [0.4, 0.5) is 4.39 Å². The molecule has 0 heterocycles. The summed E-state index contributed by atoms with van der Waals surface area (Å²) in [6, 6.07) is 9.80. The van der Waals surface area contributed by atoms with Crippen LogP contribution >= 0.6 is 11.6 Å². The van der Waals surface area contributed by atoms with E-state index in [9.17, 15) is 4.39 Å². The Labute approximate surface area is 98.9 Å². The standard InChI is InChI=1S/C12H10ClFN2/c13-12(9-16,6-1-7-15)8-10-2-4-11(14)5-3-10/h2-5H,1,6,8H2. The summed E-state index contributed by atoms with van der Waals surface area (Å²) in [7, 11) is 0. The van der Waals surface area contributed by atoms with Crippen LogP contribution < -0.4 is 0 Å². The van der Waals surface area contributed by atoms with E-state index in [1.165, 1.54) is 12.1 Å². The van der Waals surface area contributed by atoms with Crippen molar-refractivity contribution in [1.29, 1.82) is 10.5 Å². The number of hydrogen-bond acceptors (Lipinski definition) is 2. The molecule has 82 valence electrons. The highest BCUT2D eigenvalue weighted by atomic mass is 35.5. The molecule has 0 radical (unpaired) electrons. The number of benzene rings is 1. The number of rotatable bonds is 4. The van der Waals surface area contributed by atoms with Crippen molar-refractivity contribution in [3.05, 3.63) is 35.6 Å². The molecule has 1 unspecified atom stereocenters. The number of nitriles is 2. The van der Waals surface area contributed by atoms with E-state index in [1.807, 2.05) is 12.1 Å². The topological polar surface area (TPSA) is 47.6 Å². The maximum Gasteiger partial charge on any atom is 0.136 e. The zero-order valence-electron chi connectivity index (χ0n) is 8.58. The van der Waals surface area contributed by atoms with E-state index in [4.69, 9.17) is 22.1 Å². The Morgan fingerprint density at radius 3 is 2.38 bits per heavy atom. The second-order valence-electron chi connectivity index (χ2n) is 3.54. The van der Waals surface area contributed by atoms with Crippen molar-refractivity contribution in [2.24, 2.45) is 0 Å². The molecule has 1 aromatic rings. The molecule has 1 aromatic carbocycles. The van der Waals surface area contributed by atoms with Crippen LogP contribution in [0.3, 0.4) is 0 Å². The summed E-state index contributed by atoms with van der Waals surface area (Å²) in [5.41, 5.74) is 0.788. The largest absolute Gasteiger partial charge is 0.207 e. The van der Waals surface area contributed by atoms with E-state index in [0.29, 0.717) is 12.8 Å². The Bertz CT molecular complexity index is 430. The van der Waals surface area contributed by atoms with Gasteiger partial charge >= 0.3 is 0 Å². The molecule has 1 atom stereocenters. The fraction of sp³-hybridized carbons (Fsp3) is 0.333. The molecule has 0 saturated carbocycles. The summed E-state index contributed by atoms with van der Waals surface area (Å²) in [5.74, 6) is -0.321. The highest BCUT2D eigenvalue weighted by Crippen LogP contribution is 2.26. The van der Waals surface area contributed by atoms with E-state index >= 15 is 0 Å². The molecule has 0 aliphatic heterocycles. The lowest BCUT2D eigenvalue weighted by atomic mass is 9.95. The molecule has 0 amide bonds. The number of alkyl halides is 1. The number of nitrogens with zero attached hydrogens (tertiary/aromatic N) is 2. The number of halogens is 2. The van der Waals surface area contributed by atoms with Crippen molar-refractivity contribution in [2.45, 2.75) is 24.1 Å². The lowest BCUT2D eigenvalue weighted by Gasteiger charge is -2.17. The predicted octanol–water partition coefficient (Wildman–Crippen LogP) is 3.17. The van der Waals surface area contributed by atoms with Gasteiger partial charge in [-0.15, -0.1) is 11.6 Å². The Morgan fingerprint density at radius 2 is 1.88 bits per heavy atom. The van der Waals surface area contributed by atoms with Crippen LogP contribution in [0.2, 0.25) is 0 Å². The van der Waals surface area contributed by atoms with Gasteiger partial charge in [-0.1, -0.05) is 12.1 Å². The molecule has 0 spiro atoms. The monoisotopic (exact) mass is 236 g/mol. The third-order valence-corrected chi connectivity index (χ3v) is 2.64. The van der Waals surface area contributed by atoms with Crippen LogP contribution in [0.5, 0.6) is 0 Å². The lowest BCUT2D eigenvalue weighted by molar-refractivity contribution is 0.622. The van der Waals surface area contributed by atoms with Gasteiger partial charge in [0, 0.05) is 12.8 Å². The van der Waals surface area contributed by atoms with Gasteiger partial charge in [0.15, 0.2) is 0 Å². The van der Waals surface area contributed by atoms with Gasteiger partial charge in [-0.25, -0.2) is 4.39 Å². The van der Waals surface area contributed by atoms with Crippen molar-refractivity contribution >= 4 is 11.6 Å². The Balaban J connectivity index is 2.74. The molecule has 0 N–H and O–H groups in total. The average Bonchev–Trinajstić information content (AvgIpc) is 2.30. The third-order valence-electron chi connectivity index (χ3n) is 2.23. The van der Waals surface area contributed by atoms with Crippen molar-refractivity contribution in [2.75, 3.05) is 0 Å². The fourth-order valence-electron chi connectivity index (χ4n) is 1.36. The molecule has 0 bridgehead atoms. The molecule has 0 aliphatic rings. The first-order valence-corrected chi connectivity index (χ1v) is 5.19. The van der Waals surface area contributed by atoms with Crippen LogP contribution in [0, 0.1) is 28.5 Å². The zero-order chi connectivity index (χ0) is 12.0. The van der Waals surface area contributed by atoms with Gasteiger partial charge in [0.1, 0.15) is 10.7 Å². The van der Waals surface area contributed by atoms with Gasteiger partial charge < -0.3 is 0 Å². The van der Waals surface area contributed by atoms with E-state index in [0.717, 1.165) is 5.56 Å². The Hall–Kier alpha value is -1.58. The van der Waals surface area contributed by atoms with Crippen molar-refractivity contribution in [3.8, 4) is 12.1 Å². The van der Waals surface area contributed by atoms with E-state index in [-0.39, 0.29) is 12.2 Å². The predicted molar refractivity (Wildman–Crippen MR) is 59.1 cm³/mol. The summed E-state index contributed by atoms with van der Waals surface area (Å²) in [4.78, 5) is -1.08. The van der Waals surface area contributed by atoms with Crippen LogP contribution in [0.25, 0.3) is 0 Å². The van der Waals surface area contributed by atoms with Gasteiger partial charge in [0.05, 0.1) is 12.1 Å². The molecular weight excluding hydrogens is 227 g/mol. The lowest BCUT2D eigenvalue weighted by Crippen LogP contribution is -2.22. The molecule has 1 rings (SSSR count). The normalized spacial score (nSPS) is 13.5. The van der Waals surface area contributed by atoms with Gasteiger partial charge in [-0.2, -0.15) is 10.5 Å². The van der Waals surface area contributed by atoms with Gasteiger partial charge in [0.25, 0.3) is 0 Å². The first kappa shape index (κ1) is 12.5. The van der Waals surface area contributed by atoms with Crippen molar-refractivity contribution in [3.63, 3.8) is 0 Å². The summed E-state index contributed by atoms with van der Waals surface area (Å²) in [6.07, 6.45) is 0.851. The first-order chi connectivity index (χ1) is 7.59. The van der Waals surface area contributed by atoms with Crippen LogP contribution in [0.15, 0.2) is 24.3 Å². The SMILES string of the molecule is N#CCCC(Cl)(C#N)Cc1ccc(F)cc1. The minimum atomic E-state index is -1.08. The Morgan fingerprint density at radius 1 is 1.25 bits per heavy atom. The summed E-state index contributed by atoms with van der Waals surface area (Å²) in [6.45, 7) is 0. The maximum atomic E-state index is 12.7. The molecular formula is C12H10ClFN2. The molecule has 0 saturated heterocycles. The molecule has 0 fully saturated rings. The molecule has 2 nitrogen and oxygen atoms in total. The molecule has 0 aliphatic carbocycles. The number of hydrogen-bond donors (Lipinski definition) is 0. The second kappa shape index (κ2) is 5.49. The average molecular weight is 237 g/mol. The first-order valence-electron chi connectivity index (χ1n) is 4.81. The molecule has 4 heteroatoms. The summed E-state index contributed by atoms with van der Waals surface area (Å²) in [5, 5.41) is 17.4. The van der Waals surface area contributed by atoms with Crippen LogP contribution in [0.1, 0.15) is 18.4 Å². The van der Waals surface area contributed by atoms with E-state index < -0.39 is 4.87 Å². The highest BCUT2D eigenvalue weighted by Gasteiger charge is 2.26. The zero-order valence-corrected chi connectivity index (χ0v) is 9.34. The smallest absolute Gasteiger partial charge is 0.136 e. The molecule has 16 heavy (non-hydrogen) atoms. The Kier molecular flexibility index (Phi) is 4.28. The maximum absolute atomic E-state index is 12.7. The van der Waals surface area contributed by atoms with E-state index in [2.05, 4.69) is 0 Å². The van der Waals surface area contributed by atoms with Gasteiger partial charge in [0.2, 0.25) is 0 Å². The fourth-order valence-corrected chi connectivity index (χ4v) is 1.61. The minimum Gasteiger partial charge on any atom is -0.207 e. The minimum absolute atomic E-state index is 0.234. The van der Waals surface area contributed by atoms with Gasteiger partial charge in [-0.05, 0) is 24.1 Å². The quantitative estimate of drug-likeness (QED) is 0.754. The van der Waals surface area contributed by atoms with Crippen molar-refractivity contribution < 1.29 is 4.39 Å². The second-order valence-corrected chi connectivity index (χ2v) is 4.26. The molecule has 0 aromatic heterocycles. The van der Waals surface area contributed by atoms with Crippen LogP contribution in [-0.2, 0) is 6.42 Å². The van der Waals surface area contributed by atoms with Crippen LogP contribution in [-0.4, -0.2) is 4.87 Å². The summed E-state index contributed by atoms with van der Waals surface area (Å²) >= 11 is 6.07. The third kappa shape index (κ3) is 3.53. The summed E-state index contributed by atoms with van der Waals surface area (Å²) < 4.78 is 12.7. The highest BCUT2D eigenvalue weighted by molar-refractivity contribution is 6.26. The van der Waals surface area contributed by atoms with Gasteiger partial charge in [-0.3, -0.25) is 0 Å². The van der Waals surface area contributed by atoms with Crippen molar-refractivity contribution in [1.82, 2.24) is 0 Å². The van der Waals surface area contributed by atoms with E-state index in [1.54, 1.807) is 12.1 Å².